The van der Waals surface area contributed by atoms with Crippen molar-refractivity contribution in [1.29, 1.82) is 0 Å². The average Bonchev–Trinajstić information content (AvgIpc) is 1.56. The number of H-pyrrole nitrogens is 2. The van der Waals surface area contributed by atoms with Gasteiger partial charge in [0.05, 0.1) is 85.7 Å². The topological polar surface area (TPSA) is 174 Å². The molecule has 8 bridgehead atoms. The Morgan fingerprint density at radius 2 is 0.500 bits per heavy atom. The van der Waals surface area contributed by atoms with Crippen LogP contribution in [0.4, 0.5) is 22.7 Å². The van der Waals surface area contributed by atoms with Crippen molar-refractivity contribution in [2.45, 2.75) is 182 Å². The van der Waals surface area contributed by atoms with Crippen LogP contribution in [0, 0.1) is 0 Å². The molecule has 0 spiro atoms. The SMILES string of the molecule is CCCCCCCC(=O)Nc1ccc(Cl)c(-c2c3nc(c(-c4c(Cl)ccc(NC(=O)CCCCCCC)c4Cl)c4ccc([nH]4)c(-c4c(Cl)ccc(NC(=O)CCCCCCC)c4Cl)c4nc(c(-c5c(Cl)ccc(NC(=O)CCCCCCC)c5Cl)c5ccc2[nH]5)C=C4)C=C3)c1Cl. The van der Waals surface area contributed by atoms with Gasteiger partial charge < -0.3 is 31.2 Å². The third-order valence-electron chi connectivity index (χ3n) is 17.2. The summed E-state index contributed by atoms with van der Waals surface area (Å²) in [6.07, 6.45) is 27.8. The maximum atomic E-state index is 13.7. The van der Waals surface area contributed by atoms with Crippen molar-refractivity contribution < 1.29 is 19.2 Å². The molecule has 0 saturated heterocycles. The lowest BCUT2D eigenvalue weighted by molar-refractivity contribution is -0.117. The van der Waals surface area contributed by atoms with Crippen LogP contribution in [0.2, 0.25) is 40.2 Å². The monoisotopic (exact) mass is 1450 g/mol. The molecule has 0 aliphatic carbocycles. The predicted octanol–water partition coefficient (Wildman–Crippen LogP) is 25.7. The standard InChI is InChI=1S/C76H82Cl8N8O4/c1-5-9-13-17-21-25-61(93)89-57-33-29-45(77)65(73(57)81)69-49-37-39-51(85-49)70(66-46(78)30-34-58(74(66)82)90-62(94)26-22-18-14-10-6-2)53-41-43-55(87-53)72(68-48(80)32-36-60(76(68)84)92-64(96)28-24-20-16-12-8-4)56-44-42-54(88-56)71(52-40-38-50(69)86-52)67-47(79)31-35-59(75(67)83)91-63(95)27-23-19-15-11-7-3/h29-44,85,88H,5-28H2,1-4H3,(H,89,93)(H,90,94)(H,91,95)(H,92,96). The van der Waals surface area contributed by atoms with Crippen LogP contribution < -0.4 is 21.3 Å². The Labute approximate surface area is 603 Å². The van der Waals surface area contributed by atoms with E-state index < -0.39 is 0 Å². The van der Waals surface area contributed by atoms with E-state index in [1.165, 1.54) is 0 Å². The number of benzene rings is 4. The lowest BCUT2D eigenvalue weighted by Crippen LogP contribution is -2.11. The van der Waals surface area contributed by atoms with Gasteiger partial charge in [0.1, 0.15) is 0 Å². The minimum atomic E-state index is -0.197. The first-order valence-corrected chi connectivity index (χ1v) is 36.8. The molecule has 5 heterocycles. The highest BCUT2D eigenvalue weighted by molar-refractivity contribution is 6.44. The second-order valence-corrected chi connectivity index (χ2v) is 27.6. The van der Waals surface area contributed by atoms with Crippen LogP contribution in [0.1, 0.15) is 205 Å². The van der Waals surface area contributed by atoms with E-state index in [1.54, 1.807) is 48.5 Å². The number of aromatic nitrogens is 4. The molecule has 20 heteroatoms. The Hall–Kier alpha value is -6.32. The molecule has 2 aliphatic rings. The summed E-state index contributed by atoms with van der Waals surface area (Å²) in [6, 6.07) is 20.9. The van der Waals surface area contributed by atoms with Crippen molar-refractivity contribution in [2.75, 3.05) is 21.3 Å². The second kappa shape index (κ2) is 36.0. The van der Waals surface area contributed by atoms with E-state index in [0.717, 1.165) is 103 Å². The van der Waals surface area contributed by atoms with E-state index in [4.69, 9.17) is 103 Å². The number of anilines is 4. The Morgan fingerprint density at radius 1 is 0.292 bits per heavy atom. The number of hydrogen-bond acceptors (Lipinski definition) is 6. The zero-order valence-corrected chi connectivity index (χ0v) is 60.8. The summed E-state index contributed by atoms with van der Waals surface area (Å²) in [4.78, 5) is 73.1. The Balaban J connectivity index is 1.36. The first-order valence-electron chi connectivity index (χ1n) is 33.8. The molecule has 4 aromatic carbocycles. The molecule has 506 valence electrons. The number of amides is 4. The third-order valence-corrected chi connectivity index (χ3v) is 20.1. The average molecular weight is 1460 g/mol. The molecule has 0 atom stereocenters. The van der Waals surface area contributed by atoms with Gasteiger partial charge in [0.15, 0.2) is 0 Å². The van der Waals surface area contributed by atoms with E-state index in [9.17, 15) is 19.2 Å². The highest BCUT2D eigenvalue weighted by atomic mass is 35.5. The number of unbranched alkanes of at least 4 members (excludes halogenated alkanes) is 16. The number of aromatic amines is 2. The first kappa shape index (κ1) is 73.9. The normalized spacial score (nSPS) is 11.8. The quantitative estimate of drug-likeness (QED) is 0.0229. The number of carbonyl (C=O) groups is 4. The van der Waals surface area contributed by atoms with Gasteiger partial charge in [0, 0.05) is 92.3 Å². The van der Waals surface area contributed by atoms with Crippen molar-refractivity contribution in [3.63, 3.8) is 0 Å². The number of carbonyl (C=O) groups excluding carboxylic acids is 4. The van der Waals surface area contributed by atoms with Crippen LogP contribution in [0.25, 0.3) is 90.9 Å². The molecule has 7 aromatic rings. The van der Waals surface area contributed by atoms with Gasteiger partial charge in [0.25, 0.3) is 0 Å². The minimum Gasteiger partial charge on any atom is -0.354 e. The molecule has 12 nitrogen and oxygen atoms in total. The van der Waals surface area contributed by atoms with E-state index in [-0.39, 0.29) is 63.8 Å². The van der Waals surface area contributed by atoms with Crippen molar-refractivity contribution >= 4 is 186 Å². The van der Waals surface area contributed by atoms with Gasteiger partial charge in [-0.1, -0.05) is 223 Å². The highest BCUT2D eigenvalue weighted by Gasteiger charge is 2.28. The Morgan fingerprint density at radius 3 is 0.708 bits per heavy atom. The van der Waals surface area contributed by atoms with Crippen LogP contribution in [-0.2, 0) is 19.2 Å². The summed E-state index contributed by atoms with van der Waals surface area (Å²) >= 11 is 59.8. The van der Waals surface area contributed by atoms with Crippen LogP contribution in [0.5, 0.6) is 0 Å². The summed E-state index contributed by atoms with van der Waals surface area (Å²) in [5, 5.41) is 13.9. The molecule has 0 saturated carbocycles. The van der Waals surface area contributed by atoms with Gasteiger partial charge in [0.2, 0.25) is 23.6 Å². The Kier molecular flexibility index (Phi) is 27.7. The van der Waals surface area contributed by atoms with Crippen LogP contribution in [-0.4, -0.2) is 43.6 Å². The maximum Gasteiger partial charge on any atom is 0.224 e. The fourth-order valence-corrected chi connectivity index (χ4v) is 14.6. The summed E-state index contributed by atoms with van der Waals surface area (Å²) in [5.74, 6) is -0.788. The molecule has 96 heavy (non-hydrogen) atoms. The maximum absolute atomic E-state index is 13.7. The van der Waals surface area contributed by atoms with Crippen molar-refractivity contribution in [3.8, 4) is 44.5 Å². The van der Waals surface area contributed by atoms with Crippen molar-refractivity contribution in [2.24, 2.45) is 0 Å². The summed E-state index contributed by atoms with van der Waals surface area (Å²) < 4.78 is 0. The smallest absolute Gasteiger partial charge is 0.224 e. The number of nitrogens with one attached hydrogen (secondary N) is 6. The van der Waals surface area contributed by atoms with Crippen LogP contribution >= 0.6 is 92.8 Å². The van der Waals surface area contributed by atoms with E-state index >= 15 is 0 Å². The molecule has 4 amide bonds. The zero-order chi connectivity index (χ0) is 68.4. The Bertz CT molecular complexity index is 3730. The number of halogens is 8. The molecule has 9 rings (SSSR count). The number of nitrogens with zero attached hydrogens (tertiary/aromatic N) is 2. The van der Waals surface area contributed by atoms with Crippen LogP contribution in [0.15, 0.2) is 72.8 Å². The van der Waals surface area contributed by atoms with Gasteiger partial charge in [-0.15, -0.1) is 0 Å². The molecular formula is C76H82Cl8N8O4. The fourth-order valence-electron chi connectivity index (χ4n) is 12.2. The summed E-state index contributed by atoms with van der Waals surface area (Å²) in [5.41, 5.74) is 7.92. The number of fused-ring (bicyclic) bond motifs is 8. The van der Waals surface area contributed by atoms with Crippen LogP contribution in [0.3, 0.4) is 0 Å². The molecule has 0 unspecified atom stereocenters. The van der Waals surface area contributed by atoms with E-state index in [0.29, 0.717) is 163 Å². The molecule has 3 aromatic heterocycles. The van der Waals surface area contributed by atoms with Gasteiger partial charge in [-0.3, -0.25) is 19.2 Å². The highest BCUT2D eigenvalue weighted by Crippen LogP contribution is 2.50. The fraction of sp³-hybridized carbons (Fsp3) is 0.368. The van der Waals surface area contributed by atoms with Gasteiger partial charge in [-0.25, -0.2) is 9.97 Å². The predicted molar refractivity (Wildman–Crippen MR) is 409 cm³/mol. The van der Waals surface area contributed by atoms with Crippen molar-refractivity contribution in [1.82, 2.24) is 19.9 Å². The summed E-state index contributed by atoms with van der Waals surface area (Å²) in [7, 11) is 0. The third kappa shape index (κ3) is 18.3. The first-order chi connectivity index (χ1) is 46.5. The zero-order valence-electron chi connectivity index (χ0n) is 54.8. The van der Waals surface area contributed by atoms with Gasteiger partial charge in [-0.2, -0.15) is 0 Å². The molecule has 2 aliphatic heterocycles. The largest absolute Gasteiger partial charge is 0.354 e. The molecule has 0 radical (unpaired) electrons. The number of rotatable bonds is 32. The molecule has 6 N–H and O–H groups in total. The molecule has 0 fully saturated rings. The summed E-state index contributed by atoms with van der Waals surface area (Å²) in [6.45, 7) is 8.60. The van der Waals surface area contributed by atoms with E-state index in [2.05, 4.69) is 58.9 Å². The molecular weight excluding hydrogens is 1370 g/mol. The minimum absolute atomic E-state index is 0.155. The van der Waals surface area contributed by atoms with E-state index in [1.807, 2.05) is 48.6 Å². The van der Waals surface area contributed by atoms with Crippen molar-refractivity contribution in [3.05, 3.63) is 136 Å². The van der Waals surface area contributed by atoms with Gasteiger partial charge in [-0.05, 0) is 123 Å². The van der Waals surface area contributed by atoms with Gasteiger partial charge >= 0.3 is 0 Å². The lowest BCUT2D eigenvalue weighted by Gasteiger charge is -2.15. The lowest BCUT2D eigenvalue weighted by atomic mass is 10.0. The number of hydrogen-bond donors (Lipinski definition) is 6. The second-order valence-electron chi connectivity index (χ2n) is 24.5.